The van der Waals surface area contributed by atoms with Gasteiger partial charge in [-0.15, -0.1) is 11.3 Å². The van der Waals surface area contributed by atoms with Crippen LogP contribution < -0.4 is 4.74 Å². The highest BCUT2D eigenvalue weighted by Crippen LogP contribution is 2.42. The average Bonchev–Trinajstić information content (AvgIpc) is 3.30. The van der Waals surface area contributed by atoms with Crippen LogP contribution in [0.25, 0.3) is 21.6 Å². The van der Waals surface area contributed by atoms with Crippen molar-refractivity contribution in [3.63, 3.8) is 0 Å². The Labute approximate surface area is 159 Å². The molecule has 1 aliphatic rings. The van der Waals surface area contributed by atoms with Gasteiger partial charge in [0.15, 0.2) is 5.82 Å². The SMILES string of the molecule is N#Cc1ccc(Oc2nc(-c3cccnc3)nc3sc4c(c23)CCC4)cc1. The standard InChI is InChI=1S/C21H14N4OS/c22-11-13-6-8-15(9-7-13)26-20-18-16-4-1-5-17(16)27-21(18)25-19(24-20)14-3-2-10-23-12-14/h2-3,6-10,12H,1,4-5H2. The number of hydrogen-bond donors (Lipinski definition) is 0. The summed E-state index contributed by atoms with van der Waals surface area (Å²) in [6, 6.07) is 13.0. The fraction of sp³-hybridized carbons (Fsp3) is 0.143. The molecule has 4 aromatic rings. The number of nitriles is 1. The molecule has 0 atom stereocenters. The molecule has 0 amide bonds. The molecule has 1 aliphatic carbocycles. The highest BCUT2D eigenvalue weighted by molar-refractivity contribution is 7.19. The number of aryl methyl sites for hydroxylation is 2. The molecule has 27 heavy (non-hydrogen) atoms. The van der Waals surface area contributed by atoms with E-state index in [2.05, 4.69) is 11.1 Å². The largest absolute Gasteiger partial charge is 0.438 e. The lowest BCUT2D eigenvalue weighted by molar-refractivity contribution is 0.469. The van der Waals surface area contributed by atoms with Crippen LogP contribution in [-0.2, 0) is 12.8 Å². The first kappa shape index (κ1) is 15.9. The maximum absolute atomic E-state index is 8.98. The van der Waals surface area contributed by atoms with Crippen molar-refractivity contribution in [2.75, 3.05) is 0 Å². The minimum atomic E-state index is 0.572. The summed E-state index contributed by atoms with van der Waals surface area (Å²) >= 11 is 1.73. The Bertz CT molecular complexity index is 1180. The number of nitrogens with zero attached hydrogens (tertiary/aromatic N) is 4. The number of fused-ring (bicyclic) bond motifs is 3. The Hall–Kier alpha value is -3.30. The van der Waals surface area contributed by atoms with Gasteiger partial charge in [0.25, 0.3) is 0 Å². The Morgan fingerprint density at radius 3 is 2.74 bits per heavy atom. The number of thiophene rings is 1. The molecule has 0 N–H and O–H groups in total. The first-order chi connectivity index (χ1) is 13.3. The molecule has 5 rings (SSSR count). The van der Waals surface area contributed by atoms with Crippen LogP contribution in [0, 0.1) is 11.3 Å². The summed E-state index contributed by atoms with van der Waals surface area (Å²) in [5.74, 6) is 1.84. The van der Waals surface area contributed by atoms with Crippen molar-refractivity contribution in [1.82, 2.24) is 15.0 Å². The van der Waals surface area contributed by atoms with E-state index in [1.807, 2.05) is 12.1 Å². The van der Waals surface area contributed by atoms with E-state index in [0.29, 0.717) is 23.0 Å². The summed E-state index contributed by atoms with van der Waals surface area (Å²) in [5.41, 5.74) is 2.77. The van der Waals surface area contributed by atoms with E-state index in [-0.39, 0.29) is 0 Å². The fourth-order valence-electron chi connectivity index (χ4n) is 3.37. The zero-order valence-corrected chi connectivity index (χ0v) is 15.2. The van der Waals surface area contributed by atoms with Gasteiger partial charge in [-0.3, -0.25) is 4.98 Å². The molecule has 0 aliphatic heterocycles. The molecule has 0 radical (unpaired) electrons. The minimum absolute atomic E-state index is 0.572. The third kappa shape index (κ3) is 2.82. The molecular formula is C21H14N4OS. The fourth-order valence-corrected chi connectivity index (χ4v) is 4.62. The third-order valence-corrected chi connectivity index (χ3v) is 5.83. The lowest BCUT2D eigenvalue weighted by Crippen LogP contribution is -1.96. The molecule has 0 fully saturated rings. The van der Waals surface area contributed by atoms with Gasteiger partial charge in [0, 0.05) is 22.8 Å². The number of rotatable bonds is 3. The topological polar surface area (TPSA) is 71.7 Å². The van der Waals surface area contributed by atoms with Crippen LogP contribution in [0.4, 0.5) is 0 Å². The molecule has 3 aromatic heterocycles. The van der Waals surface area contributed by atoms with E-state index in [0.717, 1.165) is 35.0 Å². The Kier molecular flexibility index (Phi) is 3.80. The molecule has 0 saturated heterocycles. The van der Waals surface area contributed by atoms with Crippen LogP contribution in [0.3, 0.4) is 0 Å². The molecule has 0 spiro atoms. The number of benzene rings is 1. The van der Waals surface area contributed by atoms with Crippen LogP contribution in [0.5, 0.6) is 11.6 Å². The zero-order chi connectivity index (χ0) is 18.2. The molecule has 0 unspecified atom stereocenters. The zero-order valence-electron chi connectivity index (χ0n) is 14.3. The van der Waals surface area contributed by atoms with Crippen molar-refractivity contribution in [2.24, 2.45) is 0 Å². The van der Waals surface area contributed by atoms with Gasteiger partial charge in [-0.1, -0.05) is 0 Å². The van der Waals surface area contributed by atoms with E-state index in [1.165, 1.54) is 10.4 Å². The van der Waals surface area contributed by atoms with Gasteiger partial charge in [0.1, 0.15) is 10.6 Å². The van der Waals surface area contributed by atoms with Crippen molar-refractivity contribution >= 4 is 21.6 Å². The van der Waals surface area contributed by atoms with Crippen molar-refractivity contribution in [1.29, 1.82) is 5.26 Å². The minimum Gasteiger partial charge on any atom is -0.438 e. The predicted molar refractivity (Wildman–Crippen MR) is 104 cm³/mol. The van der Waals surface area contributed by atoms with E-state index < -0.39 is 0 Å². The summed E-state index contributed by atoms with van der Waals surface area (Å²) in [4.78, 5) is 16.0. The number of pyridine rings is 1. The van der Waals surface area contributed by atoms with Crippen molar-refractivity contribution in [2.45, 2.75) is 19.3 Å². The summed E-state index contributed by atoms with van der Waals surface area (Å²) in [6.07, 6.45) is 6.78. The molecule has 3 heterocycles. The van der Waals surface area contributed by atoms with Crippen molar-refractivity contribution in [3.8, 4) is 29.1 Å². The first-order valence-electron chi connectivity index (χ1n) is 8.72. The number of aromatic nitrogens is 3. The normalized spacial score (nSPS) is 12.7. The number of ether oxygens (including phenoxy) is 1. The van der Waals surface area contributed by atoms with Crippen LogP contribution in [0.2, 0.25) is 0 Å². The second-order valence-electron chi connectivity index (χ2n) is 6.37. The Balaban J connectivity index is 1.67. The third-order valence-electron chi connectivity index (χ3n) is 4.65. The van der Waals surface area contributed by atoms with Gasteiger partial charge < -0.3 is 4.74 Å². The molecular weight excluding hydrogens is 356 g/mol. The molecule has 1 aromatic carbocycles. The van der Waals surface area contributed by atoms with E-state index in [4.69, 9.17) is 20.0 Å². The van der Waals surface area contributed by atoms with Crippen molar-refractivity contribution < 1.29 is 4.74 Å². The molecule has 6 heteroatoms. The van der Waals surface area contributed by atoms with Gasteiger partial charge in [-0.25, -0.2) is 4.98 Å². The van der Waals surface area contributed by atoms with Crippen LogP contribution in [0.15, 0.2) is 48.8 Å². The highest BCUT2D eigenvalue weighted by atomic mass is 32.1. The van der Waals surface area contributed by atoms with Crippen LogP contribution in [-0.4, -0.2) is 15.0 Å². The highest BCUT2D eigenvalue weighted by Gasteiger charge is 2.24. The molecule has 130 valence electrons. The van der Waals surface area contributed by atoms with Crippen LogP contribution in [0.1, 0.15) is 22.4 Å². The second-order valence-corrected chi connectivity index (χ2v) is 7.45. The maximum Gasteiger partial charge on any atom is 0.231 e. The second kappa shape index (κ2) is 6.45. The van der Waals surface area contributed by atoms with Crippen molar-refractivity contribution in [3.05, 3.63) is 64.8 Å². The lowest BCUT2D eigenvalue weighted by Gasteiger charge is -2.09. The summed E-state index contributed by atoms with van der Waals surface area (Å²) in [5, 5.41) is 10.0. The van der Waals surface area contributed by atoms with Gasteiger partial charge in [-0.2, -0.15) is 10.2 Å². The first-order valence-corrected chi connectivity index (χ1v) is 9.54. The Morgan fingerprint density at radius 1 is 1.07 bits per heavy atom. The monoisotopic (exact) mass is 370 g/mol. The van der Waals surface area contributed by atoms with E-state index >= 15 is 0 Å². The predicted octanol–water partition coefficient (Wildman–Crippen LogP) is 4.91. The number of hydrogen-bond acceptors (Lipinski definition) is 6. The summed E-state index contributed by atoms with van der Waals surface area (Å²) < 4.78 is 6.16. The van der Waals surface area contributed by atoms with E-state index in [9.17, 15) is 0 Å². The molecule has 0 bridgehead atoms. The smallest absolute Gasteiger partial charge is 0.231 e. The van der Waals surface area contributed by atoms with Gasteiger partial charge in [0.2, 0.25) is 5.88 Å². The molecule has 5 nitrogen and oxygen atoms in total. The lowest BCUT2D eigenvalue weighted by atomic mass is 10.2. The summed E-state index contributed by atoms with van der Waals surface area (Å²) in [6.45, 7) is 0. The van der Waals surface area contributed by atoms with Crippen LogP contribution >= 0.6 is 11.3 Å². The summed E-state index contributed by atoms with van der Waals surface area (Å²) in [7, 11) is 0. The van der Waals surface area contributed by atoms with Gasteiger partial charge >= 0.3 is 0 Å². The quantitative estimate of drug-likeness (QED) is 0.512. The van der Waals surface area contributed by atoms with E-state index in [1.54, 1.807) is 48.0 Å². The average molecular weight is 370 g/mol. The molecule has 0 saturated carbocycles. The van der Waals surface area contributed by atoms with Gasteiger partial charge in [-0.05, 0) is 61.2 Å². The Morgan fingerprint density at radius 2 is 1.96 bits per heavy atom. The maximum atomic E-state index is 8.98. The van der Waals surface area contributed by atoms with Gasteiger partial charge in [0.05, 0.1) is 17.0 Å².